The number of ether oxygens (including phenoxy) is 1. The van der Waals surface area contributed by atoms with Gasteiger partial charge in [0.15, 0.2) is 6.04 Å². The summed E-state index contributed by atoms with van der Waals surface area (Å²) in [6.45, 7) is 0.0736. The number of pyridine rings is 1. The molecule has 1 aromatic heterocycles. The molecule has 0 spiro atoms. The van der Waals surface area contributed by atoms with Crippen LogP contribution in [-0.4, -0.2) is 34.1 Å². The van der Waals surface area contributed by atoms with Crippen molar-refractivity contribution in [2.45, 2.75) is 12.6 Å². The van der Waals surface area contributed by atoms with Crippen molar-refractivity contribution < 1.29 is 19.4 Å². The number of aliphatic carboxylic acids is 1. The van der Waals surface area contributed by atoms with Crippen LogP contribution in [0, 0.1) is 0 Å². The van der Waals surface area contributed by atoms with Gasteiger partial charge >= 0.3 is 12.1 Å². The van der Waals surface area contributed by atoms with E-state index < -0.39 is 18.1 Å². The minimum Gasteiger partial charge on any atom is -0.479 e. The van der Waals surface area contributed by atoms with Gasteiger partial charge < -0.3 is 9.84 Å². The summed E-state index contributed by atoms with van der Waals surface area (Å²) in [5, 5.41) is 11.3. The highest BCUT2D eigenvalue weighted by Crippen LogP contribution is 2.27. The normalized spacial score (nSPS) is 11.7. The lowest BCUT2D eigenvalue weighted by atomic mass is 10.0. The van der Waals surface area contributed by atoms with Crippen molar-refractivity contribution >= 4 is 22.8 Å². The zero-order valence-electron chi connectivity index (χ0n) is 14.2. The van der Waals surface area contributed by atoms with Crippen molar-refractivity contribution in [2.24, 2.45) is 0 Å². The van der Waals surface area contributed by atoms with Gasteiger partial charge in [-0.25, -0.2) is 9.59 Å². The highest BCUT2D eigenvalue weighted by Gasteiger charge is 2.31. The molecule has 3 rings (SSSR count). The lowest BCUT2D eigenvalue weighted by molar-refractivity contribution is -0.142. The molecular formula is C20H18N2O4. The second kappa shape index (κ2) is 7.65. The number of carboxylic acid groups (broad SMARTS) is 1. The van der Waals surface area contributed by atoms with E-state index in [2.05, 4.69) is 4.98 Å². The minimum atomic E-state index is -1.20. The average molecular weight is 350 g/mol. The average Bonchev–Trinajstić information content (AvgIpc) is 2.67. The Balaban J connectivity index is 1.85. The Morgan fingerprint density at radius 3 is 2.50 bits per heavy atom. The van der Waals surface area contributed by atoms with Crippen LogP contribution in [0.1, 0.15) is 17.2 Å². The molecule has 1 N–H and O–H groups in total. The minimum absolute atomic E-state index is 0.0736. The third kappa shape index (κ3) is 3.64. The largest absolute Gasteiger partial charge is 0.479 e. The molecule has 1 atom stereocenters. The number of amides is 1. The summed E-state index contributed by atoms with van der Waals surface area (Å²) in [6.07, 6.45) is 2.42. The molecule has 132 valence electrons. The smallest absolute Gasteiger partial charge is 0.410 e. The van der Waals surface area contributed by atoms with Crippen LogP contribution in [0.25, 0.3) is 10.8 Å². The van der Waals surface area contributed by atoms with Crippen molar-refractivity contribution in [3.05, 3.63) is 78.1 Å². The summed E-state index contributed by atoms with van der Waals surface area (Å²) in [7, 11) is 1.41. The highest BCUT2D eigenvalue weighted by molar-refractivity contribution is 5.91. The number of carbonyl (C=O) groups is 2. The lowest BCUT2D eigenvalue weighted by Gasteiger charge is -2.25. The van der Waals surface area contributed by atoms with Crippen LogP contribution in [-0.2, 0) is 16.1 Å². The van der Waals surface area contributed by atoms with Gasteiger partial charge in [0.1, 0.15) is 6.61 Å². The number of fused-ring (bicyclic) bond motifs is 1. The number of carbonyl (C=O) groups excluding carboxylic acids is 1. The Morgan fingerprint density at radius 2 is 1.77 bits per heavy atom. The predicted molar refractivity (Wildman–Crippen MR) is 96.5 cm³/mol. The van der Waals surface area contributed by atoms with E-state index in [1.54, 1.807) is 6.20 Å². The molecule has 0 aliphatic heterocycles. The molecule has 2 aromatic carbocycles. The maximum absolute atomic E-state index is 12.4. The first-order valence-corrected chi connectivity index (χ1v) is 8.07. The fourth-order valence-electron chi connectivity index (χ4n) is 2.79. The van der Waals surface area contributed by atoms with E-state index >= 15 is 0 Å². The topological polar surface area (TPSA) is 79.7 Å². The second-order valence-electron chi connectivity index (χ2n) is 5.84. The Labute approximate surface area is 150 Å². The zero-order chi connectivity index (χ0) is 18.5. The summed E-state index contributed by atoms with van der Waals surface area (Å²) in [5.41, 5.74) is 1.27. The molecule has 0 radical (unpaired) electrons. The van der Waals surface area contributed by atoms with Gasteiger partial charge in [-0.1, -0.05) is 54.6 Å². The van der Waals surface area contributed by atoms with E-state index in [1.165, 1.54) is 13.2 Å². The van der Waals surface area contributed by atoms with E-state index in [4.69, 9.17) is 4.74 Å². The maximum Gasteiger partial charge on any atom is 0.410 e. The molecule has 1 amide bonds. The molecule has 0 aliphatic rings. The molecule has 26 heavy (non-hydrogen) atoms. The van der Waals surface area contributed by atoms with Crippen LogP contribution in [0.4, 0.5) is 4.79 Å². The number of benzene rings is 2. The number of hydrogen-bond donors (Lipinski definition) is 1. The fourth-order valence-corrected chi connectivity index (χ4v) is 2.79. The Hall–Kier alpha value is -3.41. The summed E-state index contributed by atoms with van der Waals surface area (Å²) in [4.78, 5) is 29.5. The Morgan fingerprint density at radius 1 is 1.08 bits per heavy atom. The van der Waals surface area contributed by atoms with E-state index in [0.29, 0.717) is 5.56 Å². The van der Waals surface area contributed by atoms with Gasteiger partial charge in [0.25, 0.3) is 0 Å². The third-order valence-electron chi connectivity index (χ3n) is 4.11. The van der Waals surface area contributed by atoms with Crippen LogP contribution in [0.15, 0.2) is 67.0 Å². The van der Waals surface area contributed by atoms with Crippen molar-refractivity contribution in [2.75, 3.05) is 7.05 Å². The molecule has 6 nitrogen and oxygen atoms in total. The molecule has 0 saturated carbocycles. The van der Waals surface area contributed by atoms with Crippen molar-refractivity contribution in [3.8, 4) is 0 Å². The molecule has 0 aliphatic carbocycles. The summed E-state index contributed by atoms with van der Waals surface area (Å²) >= 11 is 0. The van der Waals surface area contributed by atoms with Gasteiger partial charge in [-0.05, 0) is 10.9 Å². The van der Waals surface area contributed by atoms with Gasteiger partial charge in [0.2, 0.25) is 0 Å². The first-order valence-electron chi connectivity index (χ1n) is 8.07. The summed E-state index contributed by atoms with van der Waals surface area (Å²) in [5.74, 6) is -1.15. The van der Waals surface area contributed by atoms with Crippen LogP contribution in [0.2, 0.25) is 0 Å². The molecule has 0 saturated heterocycles. The van der Waals surface area contributed by atoms with Gasteiger partial charge in [0.05, 0.1) is 0 Å². The fraction of sp³-hybridized carbons (Fsp3) is 0.150. The first-order chi connectivity index (χ1) is 12.6. The first kappa shape index (κ1) is 17.4. The van der Waals surface area contributed by atoms with E-state index in [9.17, 15) is 14.7 Å². The zero-order valence-corrected chi connectivity index (χ0v) is 14.2. The molecule has 1 heterocycles. The van der Waals surface area contributed by atoms with Crippen LogP contribution < -0.4 is 0 Å². The highest BCUT2D eigenvalue weighted by atomic mass is 16.6. The van der Waals surface area contributed by atoms with Gasteiger partial charge in [-0.15, -0.1) is 0 Å². The van der Waals surface area contributed by atoms with E-state index in [1.807, 2.05) is 54.6 Å². The van der Waals surface area contributed by atoms with E-state index in [-0.39, 0.29) is 6.61 Å². The molecule has 1 unspecified atom stereocenters. The van der Waals surface area contributed by atoms with E-state index in [0.717, 1.165) is 21.2 Å². The van der Waals surface area contributed by atoms with Crippen molar-refractivity contribution in [3.63, 3.8) is 0 Å². The third-order valence-corrected chi connectivity index (χ3v) is 4.11. The number of hydrogen-bond acceptors (Lipinski definition) is 4. The monoisotopic (exact) mass is 350 g/mol. The number of nitrogens with zero attached hydrogens (tertiary/aromatic N) is 2. The number of rotatable bonds is 5. The maximum atomic E-state index is 12.4. The van der Waals surface area contributed by atoms with Gasteiger partial charge in [-0.2, -0.15) is 0 Å². The summed E-state index contributed by atoms with van der Waals surface area (Å²) in [6, 6.07) is 15.3. The lowest BCUT2D eigenvalue weighted by Crippen LogP contribution is -2.36. The van der Waals surface area contributed by atoms with Crippen LogP contribution in [0.3, 0.4) is 0 Å². The van der Waals surface area contributed by atoms with Gasteiger partial charge in [0, 0.05) is 30.4 Å². The standard InChI is InChI=1S/C20H18N2O4/c1-22(20(25)26-13-14-7-3-2-4-8-14)18(19(23)24)17-12-21-11-15-9-5-6-10-16(15)17/h2-12,18H,13H2,1H3,(H,23,24). The van der Waals surface area contributed by atoms with Crippen LogP contribution >= 0.6 is 0 Å². The quantitative estimate of drug-likeness (QED) is 0.760. The number of aromatic nitrogens is 1. The molecule has 6 heteroatoms. The Kier molecular flexibility index (Phi) is 5.12. The predicted octanol–water partition coefficient (Wildman–Crippen LogP) is 3.63. The van der Waals surface area contributed by atoms with Crippen LogP contribution in [0.5, 0.6) is 0 Å². The van der Waals surface area contributed by atoms with Gasteiger partial charge in [-0.3, -0.25) is 9.88 Å². The molecule has 0 bridgehead atoms. The molecular weight excluding hydrogens is 332 g/mol. The SMILES string of the molecule is CN(C(=O)OCc1ccccc1)C(C(=O)O)c1cncc2ccccc12. The number of carboxylic acids is 1. The summed E-state index contributed by atoms with van der Waals surface area (Å²) < 4.78 is 5.26. The Bertz CT molecular complexity index is 922. The molecule has 0 fully saturated rings. The second-order valence-corrected chi connectivity index (χ2v) is 5.84. The number of likely N-dealkylation sites (N-methyl/N-ethyl adjacent to an activating group) is 1. The molecule has 3 aromatic rings. The van der Waals surface area contributed by atoms with Crippen molar-refractivity contribution in [1.29, 1.82) is 0 Å². The van der Waals surface area contributed by atoms with Crippen molar-refractivity contribution in [1.82, 2.24) is 9.88 Å².